The summed E-state index contributed by atoms with van der Waals surface area (Å²) in [5.74, 6) is 0.297. The van der Waals surface area contributed by atoms with Crippen LogP contribution in [0, 0.1) is 0 Å². The summed E-state index contributed by atoms with van der Waals surface area (Å²) in [6, 6.07) is 10.4. The van der Waals surface area contributed by atoms with E-state index in [1.165, 1.54) is 5.69 Å². The Bertz CT molecular complexity index is 367. The highest BCUT2D eigenvalue weighted by molar-refractivity contribution is 5.79. The number of nitrogens with one attached hydrogen (secondary N) is 1. The molecule has 0 saturated heterocycles. The lowest BCUT2D eigenvalue weighted by molar-refractivity contribution is 0.316. The molecule has 19 heavy (non-hydrogen) atoms. The van der Waals surface area contributed by atoms with Gasteiger partial charge in [0.25, 0.3) is 0 Å². The molecule has 0 unspecified atom stereocenters. The van der Waals surface area contributed by atoms with E-state index in [0.717, 1.165) is 32.5 Å². The van der Waals surface area contributed by atoms with E-state index in [0.29, 0.717) is 12.3 Å². The zero-order valence-electron chi connectivity index (χ0n) is 11.5. The van der Waals surface area contributed by atoms with Crippen molar-refractivity contribution in [3.63, 3.8) is 0 Å². The number of hydrogen-bond donors (Lipinski definition) is 3. The summed E-state index contributed by atoms with van der Waals surface area (Å²) in [5.41, 5.74) is 6.63. The standard InChI is InChI=1S/C14H24N4O/c1-18(13-7-3-2-4-8-13)12-6-11-16-10-5-9-14(15)17-19/h2-4,7-8,16,19H,5-6,9-12H2,1H3,(H2,15,17). The van der Waals surface area contributed by atoms with Crippen LogP contribution in [-0.2, 0) is 0 Å². The molecule has 0 amide bonds. The van der Waals surface area contributed by atoms with Gasteiger partial charge in [-0.1, -0.05) is 23.4 Å². The molecular formula is C14H24N4O. The minimum Gasteiger partial charge on any atom is -0.409 e. The van der Waals surface area contributed by atoms with Crippen molar-refractivity contribution in [1.29, 1.82) is 0 Å². The van der Waals surface area contributed by atoms with Gasteiger partial charge in [-0.2, -0.15) is 0 Å². The third-order valence-electron chi connectivity index (χ3n) is 2.96. The molecule has 4 N–H and O–H groups in total. The molecule has 1 aromatic rings. The summed E-state index contributed by atoms with van der Waals surface area (Å²) in [4.78, 5) is 2.25. The molecule has 0 radical (unpaired) electrons. The van der Waals surface area contributed by atoms with Crippen molar-refractivity contribution < 1.29 is 5.21 Å². The first-order chi connectivity index (χ1) is 9.24. The van der Waals surface area contributed by atoms with Gasteiger partial charge in [-0.25, -0.2) is 0 Å². The molecule has 0 aliphatic heterocycles. The van der Waals surface area contributed by atoms with Gasteiger partial charge in [-0.05, 0) is 38.1 Å². The summed E-state index contributed by atoms with van der Waals surface area (Å²) >= 11 is 0. The largest absolute Gasteiger partial charge is 0.409 e. The minimum atomic E-state index is 0.297. The number of hydrogen-bond acceptors (Lipinski definition) is 4. The number of anilines is 1. The average molecular weight is 264 g/mol. The van der Waals surface area contributed by atoms with Gasteiger partial charge in [0, 0.05) is 25.7 Å². The van der Waals surface area contributed by atoms with Crippen LogP contribution in [-0.4, -0.2) is 37.7 Å². The number of amidine groups is 1. The highest BCUT2D eigenvalue weighted by atomic mass is 16.4. The van der Waals surface area contributed by atoms with Crippen molar-refractivity contribution in [2.24, 2.45) is 10.9 Å². The van der Waals surface area contributed by atoms with E-state index in [-0.39, 0.29) is 0 Å². The monoisotopic (exact) mass is 264 g/mol. The Morgan fingerprint density at radius 3 is 2.63 bits per heavy atom. The van der Waals surface area contributed by atoms with Gasteiger partial charge in [0.05, 0.1) is 0 Å². The Kier molecular flexibility index (Phi) is 7.43. The second kappa shape index (κ2) is 9.22. The van der Waals surface area contributed by atoms with E-state index < -0.39 is 0 Å². The van der Waals surface area contributed by atoms with Crippen LogP contribution >= 0.6 is 0 Å². The van der Waals surface area contributed by atoms with Crippen LogP contribution in [0.3, 0.4) is 0 Å². The van der Waals surface area contributed by atoms with Gasteiger partial charge < -0.3 is 21.2 Å². The Morgan fingerprint density at radius 1 is 1.26 bits per heavy atom. The Labute approximate surface area is 115 Å². The summed E-state index contributed by atoms with van der Waals surface area (Å²) in [6.07, 6.45) is 2.62. The van der Waals surface area contributed by atoms with Crippen molar-refractivity contribution in [2.45, 2.75) is 19.3 Å². The normalized spacial score (nSPS) is 11.5. The number of oxime groups is 1. The zero-order valence-corrected chi connectivity index (χ0v) is 11.5. The Balaban J connectivity index is 2.02. The lowest BCUT2D eigenvalue weighted by Crippen LogP contribution is -2.25. The Hall–Kier alpha value is -1.75. The summed E-state index contributed by atoms with van der Waals surface area (Å²) < 4.78 is 0. The summed E-state index contributed by atoms with van der Waals surface area (Å²) in [7, 11) is 2.10. The van der Waals surface area contributed by atoms with Gasteiger partial charge in [-0.3, -0.25) is 0 Å². The number of nitrogens with zero attached hydrogens (tertiary/aromatic N) is 2. The zero-order chi connectivity index (χ0) is 13.9. The maximum Gasteiger partial charge on any atom is 0.139 e. The summed E-state index contributed by atoms with van der Waals surface area (Å²) in [5, 5.41) is 14.7. The molecule has 0 heterocycles. The molecule has 0 saturated carbocycles. The molecule has 1 aromatic carbocycles. The second-order valence-corrected chi connectivity index (χ2v) is 4.56. The number of rotatable bonds is 9. The van der Waals surface area contributed by atoms with E-state index in [9.17, 15) is 0 Å². The van der Waals surface area contributed by atoms with Crippen LogP contribution in [0.25, 0.3) is 0 Å². The fourth-order valence-corrected chi connectivity index (χ4v) is 1.82. The highest BCUT2D eigenvalue weighted by Gasteiger charge is 1.99. The van der Waals surface area contributed by atoms with Crippen molar-refractivity contribution in [1.82, 2.24) is 5.32 Å². The molecule has 1 rings (SSSR count). The second-order valence-electron chi connectivity index (χ2n) is 4.56. The third-order valence-corrected chi connectivity index (χ3v) is 2.96. The molecular weight excluding hydrogens is 240 g/mol. The van der Waals surface area contributed by atoms with E-state index in [4.69, 9.17) is 10.9 Å². The van der Waals surface area contributed by atoms with Gasteiger partial charge in [-0.15, -0.1) is 0 Å². The van der Waals surface area contributed by atoms with Crippen LogP contribution in [0.15, 0.2) is 35.5 Å². The van der Waals surface area contributed by atoms with Gasteiger partial charge >= 0.3 is 0 Å². The third kappa shape index (κ3) is 6.67. The molecule has 0 fully saturated rings. The summed E-state index contributed by atoms with van der Waals surface area (Å²) in [6.45, 7) is 2.90. The topological polar surface area (TPSA) is 73.9 Å². The predicted octanol–water partition coefficient (Wildman–Crippen LogP) is 1.63. The smallest absolute Gasteiger partial charge is 0.139 e. The average Bonchev–Trinajstić information content (AvgIpc) is 2.46. The molecule has 0 aliphatic rings. The molecule has 106 valence electrons. The first kappa shape index (κ1) is 15.3. The first-order valence-electron chi connectivity index (χ1n) is 6.67. The molecule has 0 bridgehead atoms. The molecule has 0 aliphatic carbocycles. The number of para-hydroxylation sites is 1. The van der Waals surface area contributed by atoms with Crippen molar-refractivity contribution >= 4 is 11.5 Å². The van der Waals surface area contributed by atoms with E-state index in [1.807, 2.05) is 6.07 Å². The number of benzene rings is 1. The molecule has 5 heteroatoms. The molecule has 0 spiro atoms. The minimum absolute atomic E-state index is 0.297. The molecule has 5 nitrogen and oxygen atoms in total. The lowest BCUT2D eigenvalue weighted by atomic mass is 10.2. The highest BCUT2D eigenvalue weighted by Crippen LogP contribution is 2.10. The van der Waals surface area contributed by atoms with Crippen molar-refractivity contribution in [3.8, 4) is 0 Å². The predicted molar refractivity (Wildman–Crippen MR) is 79.8 cm³/mol. The van der Waals surface area contributed by atoms with E-state index in [2.05, 4.69) is 46.7 Å². The van der Waals surface area contributed by atoms with Crippen LogP contribution in [0.2, 0.25) is 0 Å². The first-order valence-corrected chi connectivity index (χ1v) is 6.67. The molecule has 0 atom stereocenters. The van der Waals surface area contributed by atoms with Crippen LogP contribution in [0.4, 0.5) is 5.69 Å². The lowest BCUT2D eigenvalue weighted by Gasteiger charge is -2.19. The maximum atomic E-state index is 8.38. The number of nitrogens with two attached hydrogens (primary N) is 1. The van der Waals surface area contributed by atoms with Crippen molar-refractivity contribution in [2.75, 3.05) is 31.6 Å². The maximum absolute atomic E-state index is 8.38. The van der Waals surface area contributed by atoms with E-state index in [1.54, 1.807) is 0 Å². The van der Waals surface area contributed by atoms with Crippen LogP contribution in [0.1, 0.15) is 19.3 Å². The fourth-order valence-electron chi connectivity index (χ4n) is 1.82. The van der Waals surface area contributed by atoms with Gasteiger partial charge in [0.1, 0.15) is 5.84 Å². The Morgan fingerprint density at radius 2 is 1.95 bits per heavy atom. The van der Waals surface area contributed by atoms with Crippen LogP contribution < -0.4 is 16.0 Å². The van der Waals surface area contributed by atoms with E-state index >= 15 is 0 Å². The molecule has 0 aromatic heterocycles. The SMILES string of the molecule is CN(CCCNCCCC(N)=NO)c1ccccc1. The van der Waals surface area contributed by atoms with Crippen LogP contribution in [0.5, 0.6) is 0 Å². The van der Waals surface area contributed by atoms with Gasteiger partial charge in [0.15, 0.2) is 0 Å². The fraction of sp³-hybridized carbons (Fsp3) is 0.500. The van der Waals surface area contributed by atoms with Crippen molar-refractivity contribution in [3.05, 3.63) is 30.3 Å². The van der Waals surface area contributed by atoms with Gasteiger partial charge in [0.2, 0.25) is 0 Å². The quantitative estimate of drug-likeness (QED) is 0.208.